The van der Waals surface area contributed by atoms with Crippen molar-refractivity contribution in [3.05, 3.63) is 59.4 Å². The van der Waals surface area contributed by atoms with Crippen LogP contribution in [-0.2, 0) is 13.1 Å². The highest BCUT2D eigenvalue weighted by Gasteiger charge is 2.14. The molecule has 0 saturated heterocycles. The van der Waals surface area contributed by atoms with Crippen LogP contribution in [0.2, 0.25) is 0 Å². The topological polar surface area (TPSA) is 58.5 Å². The number of hydrogen-bond acceptors (Lipinski definition) is 3. The Labute approximate surface area is 180 Å². The second-order valence-corrected chi connectivity index (χ2v) is 7.14. The molecule has 0 radical (unpaired) electrons. The van der Waals surface area contributed by atoms with Gasteiger partial charge in [0.2, 0.25) is 0 Å². The van der Waals surface area contributed by atoms with E-state index in [0.29, 0.717) is 13.1 Å². The van der Waals surface area contributed by atoms with Gasteiger partial charge in [-0.2, -0.15) is 0 Å². The first kappa shape index (κ1) is 23.2. The molecule has 148 valence electrons. The van der Waals surface area contributed by atoms with Crippen molar-refractivity contribution in [3.63, 3.8) is 0 Å². The zero-order valence-corrected chi connectivity index (χ0v) is 19.2. The van der Waals surface area contributed by atoms with Crippen LogP contribution in [0.15, 0.2) is 47.6 Å². The maximum absolute atomic E-state index is 6.05. The van der Waals surface area contributed by atoms with Gasteiger partial charge in [0.05, 0.1) is 18.8 Å². The van der Waals surface area contributed by atoms with Gasteiger partial charge in [0.15, 0.2) is 5.96 Å². The molecule has 1 aromatic heterocycles. The van der Waals surface area contributed by atoms with Crippen molar-refractivity contribution >= 4 is 29.9 Å². The molecule has 0 amide bonds. The maximum Gasteiger partial charge on any atom is 0.191 e. The summed E-state index contributed by atoms with van der Waals surface area (Å²) in [5, 5.41) is 6.63. The van der Waals surface area contributed by atoms with E-state index in [4.69, 9.17) is 9.73 Å². The minimum absolute atomic E-state index is 0. The molecule has 0 spiro atoms. The maximum atomic E-state index is 6.05. The normalized spacial score (nSPS) is 11.5. The fourth-order valence-electron chi connectivity index (χ4n) is 2.44. The number of aliphatic imine (C=N–C) groups is 1. The van der Waals surface area contributed by atoms with Crippen LogP contribution in [0.25, 0.3) is 0 Å². The minimum atomic E-state index is -0.237. The molecule has 0 fully saturated rings. The van der Waals surface area contributed by atoms with Crippen LogP contribution in [-0.4, -0.2) is 23.1 Å². The number of guanidine groups is 1. The molecule has 0 bridgehead atoms. The van der Waals surface area contributed by atoms with Crippen molar-refractivity contribution in [1.29, 1.82) is 0 Å². The van der Waals surface area contributed by atoms with E-state index in [-0.39, 0.29) is 29.6 Å². The van der Waals surface area contributed by atoms with E-state index in [2.05, 4.69) is 41.6 Å². The van der Waals surface area contributed by atoms with E-state index in [0.717, 1.165) is 29.5 Å². The summed E-state index contributed by atoms with van der Waals surface area (Å²) in [6.07, 6.45) is 1.81. The van der Waals surface area contributed by atoms with Crippen LogP contribution in [0.1, 0.15) is 44.5 Å². The predicted molar refractivity (Wildman–Crippen MR) is 123 cm³/mol. The molecule has 5 nitrogen and oxygen atoms in total. The lowest BCUT2D eigenvalue weighted by Gasteiger charge is -2.23. The number of benzene rings is 1. The first-order chi connectivity index (χ1) is 12.4. The van der Waals surface area contributed by atoms with Gasteiger partial charge in [-0.15, -0.1) is 24.0 Å². The quantitative estimate of drug-likeness (QED) is 0.363. The van der Waals surface area contributed by atoms with Crippen molar-refractivity contribution < 1.29 is 4.74 Å². The zero-order chi connectivity index (χ0) is 19.0. The largest absolute Gasteiger partial charge is 0.488 e. The predicted octanol–water partition coefficient (Wildman–Crippen LogP) is 4.44. The van der Waals surface area contributed by atoms with E-state index in [1.165, 1.54) is 5.56 Å². The minimum Gasteiger partial charge on any atom is -0.488 e. The average molecular weight is 482 g/mol. The summed E-state index contributed by atoms with van der Waals surface area (Å²) in [5.74, 6) is 1.64. The Balaban J connectivity index is 0.00000364. The number of halogens is 1. The number of aromatic nitrogens is 1. The summed E-state index contributed by atoms with van der Waals surface area (Å²) < 4.78 is 6.05. The fourth-order valence-corrected chi connectivity index (χ4v) is 2.44. The summed E-state index contributed by atoms with van der Waals surface area (Å²) in [6, 6.07) is 12.1. The van der Waals surface area contributed by atoms with Gasteiger partial charge in [0.25, 0.3) is 0 Å². The molecule has 6 heteroatoms. The monoisotopic (exact) mass is 482 g/mol. The van der Waals surface area contributed by atoms with Crippen LogP contribution in [0.3, 0.4) is 0 Å². The third-order valence-corrected chi connectivity index (χ3v) is 3.68. The summed E-state index contributed by atoms with van der Waals surface area (Å²) in [6.45, 7) is 12.2. The number of rotatable bonds is 6. The van der Waals surface area contributed by atoms with Crippen molar-refractivity contribution in [2.24, 2.45) is 4.99 Å². The fraction of sp³-hybridized carbons (Fsp3) is 0.429. The van der Waals surface area contributed by atoms with Gasteiger partial charge in [0.1, 0.15) is 11.4 Å². The SMILES string of the molecule is CCNC(=NCc1ccccc1OC(C)(C)C)NCc1ncccc1C.I. The van der Waals surface area contributed by atoms with Crippen LogP contribution in [0.5, 0.6) is 5.75 Å². The molecule has 1 aromatic carbocycles. The summed E-state index contributed by atoms with van der Waals surface area (Å²) in [4.78, 5) is 9.12. The molecule has 0 aliphatic heterocycles. The smallest absolute Gasteiger partial charge is 0.191 e. The molecule has 27 heavy (non-hydrogen) atoms. The van der Waals surface area contributed by atoms with Gasteiger partial charge < -0.3 is 15.4 Å². The van der Waals surface area contributed by atoms with Gasteiger partial charge in [0, 0.05) is 18.3 Å². The highest BCUT2D eigenvalue weighted by molar-refractivity contribution is 14.0. The third kappa shape index (κ3) is 8.15. The van der Waals surface area contributed by atoms with Gasteiger partial charge in [-0.05, 0) is 52.3 Å². The number of nitrogens with zero attached hydrogens (tertiary/aromatic N) is 2. The molecule has 0 aliphatic carbocycles. The highest BCUT2D eigenvalue weighted by atomic mass is 127. The Morgan fingerprint density at radius 1 is 1.11 bits per heavy atom. The molecule has 2 aromatic rings. The van der Waals surface area contributed by atoms with Crippen molar-refractivity contribution in [2.75, 3.05) is 6.54 Å². The van der Waals surface area contributed by atoms with Gasteiger partial charge >= 0.3 is 0 Å². The summed E-state index contributed by atoms with van der Waals surface area (Å²) in [5.41, 5.74) is 3.02. The van der Waals surface area contributed by atoms with Crippen LogP contribution in [0.4, 0.5) is 0 Å². The van der Waals surface area contributed by atoms with Crippen molar-refractivity contribution in [1.82, 2.24) is 15.6 Å². The number of aryl methyl sites for hydroxylation is 1. The second kappa shape index (κ2) is 11.1. The molecule has 2 N–H and O–H groups in total. The van der Waals surface area contributed by atoms with E-state index in [1.54, 1.807) is 0 Å². The molecule has 2 rings (SSSR count). The number of hydrogen-bond donors (Lipinski definition) is 2. The highest BCUT2D eigenvalue weighted by Crippen LogP contribution is 2.23. The molecule has 0 saturated carbocycles. The van der Waals surface area contributed by atoms with E-state index in [1.807, 2.05) is 51.2 Å². The van der Waals surface area contributed by atoms with E-state index >= 15 is 0 Å². The Morgan fingerprint density at radius 3 is 2.52 bits per heavy atom. The average Bonchev–Trinajstić information content (AvgIpc) is 2.58. The van der Waals surface area contributed by atoms with Crippen molar-refractivity contribution in [3.8, 4) is 5.75 Å². The Morgan fingerprint density at radius 2 is 1.85 bits per heavy atom. The van der Waals surface area contributed by atoms with Crippen molar-refractivity contribution in [2.45, 2.75) is 53.3 Å². The van der Waals surface area contributed by atoms with E-state index < -0.39 is 0 Å². The molecule has 1 heterocycles. The molecule has 0 atom stereocenters. The lowest BCUT2D eigenvalue weighted by molar-refractivity contribution is 0.129. The number of ether oxygens (including phenoxy) is 1. The molecular formula is C21H31IN4O. The third-order valence-electron chi connectivity index (χ3n) is 3.68. The van der Waals surface area contributed by atoms with Gasteiger partial charge in [-0.1, -0.05) is 24.3 Å². The van der Waals surface area contributed by atoms with E-state index in [9.17, 15) is 0 Å². The standard InChI is InChI=1S/C21H30N4O.HI/c1-6-22-20(25-15-18-16(2)10-9-13-23-18)24-14-17-11-7-8-12-19(17)26-21(3,4)5;/h7-13H,6,14-15H2,1-5H3,(H2,22,24,25);1H. The van der Waals surface area contributed by atoms with Gasteiger partial charge in [-0.3, -0.25) is 4.98 Å². The number of para-hydroxylation sites is 1. The second-order valence-electron chi connectivity index (χ2n) is 7.14. The first-order valence-electron chi connectivity index (χ1n) is 9.08. The number of pyridine rings is 1. The van der Waals surface area contributed by atoms with Crippen LogP contribution < -0.4 is 15.4 Å². The Bertz CT molecular complexity index is 741. The molecule has 0 unspecified atom stereocenters. The summed E-state index contributed by atoms with van der Waals surface area (Å²) in [7, 11) is 0. The van der Waals surface area contributed by atoms with Gasteiger partial charge in [-0.25, -0.2) is 4.99 Å². The Kier molecular flexibility index (Phi) is 9.55. The molecule has 0 aliphatic rings. The Hall–Kier alpha value is -1.83. The molecular weight excluding hydrogens is 451 g/mol. The lowest BCUT2D eigenvalue weighted by Crippen LogP contribution is -2.37. The van der Waals surface area contributed by atoms with Crippen LogP contribution in [0, 0.1) is 6.92 Å². The lowest BCUT2D eigenvalue weighted by atomic mass is 10.1. The zero-order valence-electron chi connectivity index (χ0n) is 16.9. The summed E-state index contributed by atoms with van der Waals surface area (Å²) >= 11 is 0. The first-order valence-corrected chi connectivity index (χ1v) is 9.08. The number of nitrogens with one attached hydrogen (secondary N) is 2. The van der Waals surface area contributed by atoms with Crippen LogP contribution >= 0.6 is 24.0 Å².